The summed E-state index contributed by atoms with van der Waals surface area (Å²) in [6, 6.07) is 5.39. The lowest BCUT2D eigenvalue weighted by Gasteiger charge is -2.35. The highest BCUT2D eigenvalue weighted by atomic mass is 16.6. The molecule has 3 unspecified atom stereocenters. The summed E-state index contributed by atoms with van der Waals surface area (Å²) in [5.74, 6) is -1.37. The summed E-state index contributed by atoms with van der Waals surface area (Å²) in [5, 5.41) is 5.63. The van der Waals surface area contributed by atoms with Gasteiger partial charge in [0.1, 0.15) is 17.7 Å². The molecule has 1 aromatic carbocycles. The van der Waals surface area contributed by atoms with Crippen LogP contribution >= 0.6 is 0 Å². The number of hydrogen-bond donors (Lipinski definition) is 3. The predicted octanol–water partition coefficient (Wildman–Crippen LogP) is 3.74. The Balaban J connectivity index is 3.43. The van der Waals surface area contributed by atoms with Crippen molar-refractivity contribution in [2.45, 2.75) is 104 Å². The Bertz CT molecular complexity index is 896. The van der Waals surface area contributed by atoms with Crippen molar-refractivity contribution in [2.75, 3.05) is 6.54 Å². The van der Waals surface area contributed by atoms with Crippen molar-refractivity contribution in [3.63, 3.8) is 0 Å². The third kappa shape index (κ3) is 10.7. The van der Waals surface area contributed by atoms with Gasteiger partial charge in [-0.15, -0.1) is 0 Å². The number of hydrogen-bond acceptors (Lipinski definition) is 5. The maximum absolute atomic E-state index is 13.9. The molecule has 9 heteroatoms. The van der Waals surface area contributed by atoms with Crippen LogP contribution in [-0.4, -0.2) is 52.9 Å². The molecule has 0 aliphatic carbocycles. The Morgan fingerprint density at radius 1 is 1.06 bits per heavy atom. The minimum absolute atomic E-state index is 0.0119. The Labute approximate surface area is 215 Å². The molecule has 4 amide bonds. The molecular formula is C27H44N4O5. The smallest absolute Gasteiger partial charge is 0.408 e. The van der Waals surface area contributed by atoms with Gasteiger partial charge in [0.25, 0.3) is 0 Å². The Morgan fingerprint density at radius 2 is 1.72 bits per heavy atom. The molecule has 4 N–H and O–H groups in total. The van der Waals surface area contributed by atoms with Crippen molar-refractivity contribution in [3.8, 4) is 0 Å². The summed E-state index contributed by atoms with van der Waals surface area (Å²) in [7, 11) is 0. The molecule has 0 aromatic heterocycles. The molecule has 0 aliphatic heterocycles. The van der Waals surface area contributed by atoms with E-state index in [9.17, 15) is 19.2 Å². The van der Waals surface area contributed by atoms with E-state index in [1.54, 1.807) is 20.8 Å². The average Bonchev–Trinajstić information content (AvgIpc) is 2.74. The second kappa shape index (κ2) is 14.5. The molecule has 0 spiro atoms. The molecule has 9 nitrogen and oxygen atoms in total. The van der Waals surface area contributed by atoms with Crippen LogP contribution in [-0.2, 0) is 19.1 Å². The van der Waals surface area contributed by atoms with Gasteiger partial charge in [0.05, 0.1) is 0 Å². The number of carbonyl (C=O) groups excluding carboxylic acids is 4. The van der Waals surface area contributed by atoms with Crippen molar-refractivity contribution < 1.29 is 23.9 Å². The SMILES string of the molecule is CCCC(C)NC(=O)C(c1cccc(C)c1)N(CCC)C(=O)C(CCC(N)=O)NC(=O)OC(C)(C)C. The zero-order valence-corrected chi connectivity index (χ0v) is 22.8. The summed E-state index contributed by atoms with van der Waals surface area (Å²) in [6.07, 6.45) is 1.39. The van der Waals surface area contributed by atoms with Crippen LogP contribution in [0, 0.1) is 6.92 Å². The number of rotatable bonds is 13. The number of amides is 4. The van der Waals surface area contributed by atoms with Gasteiger partial charge in [-0.05, 0) is 59.4 Å². The molecule has 0 heterocycles. The molecule has 36 heavy (non-hydrogen) atoms. The molecule has 0 bridgehead atoms. The standard InChI is InChI=1S/C27H44N4O5/c1-8-11-19(4)29-24(33)23(20-13-10-12-18(3)17-20)31(16-9-2)25(34)21(14-15-22(28)32)30-26(35)36-27(5,6)7/h10,12-13,17,19,21,23H,8-9,11,14-16H2,1-7H3,(H2,28,32)(H,29,33)(H,30,35). The molecule has 0 aliphatic rings. The first-order chi connectivity index (χ1) is 16.8. The summed E-state index contributed by atoms with van der Waals surface area (Å²) in [5.41, 5.74) is 6.18. The molecule has 0 saturated heterocycles. The molecule has 0 fully saturated rings. The fourth-order valence-corrected chi connectivity index (χ4v) is 3.94. The summed E-state index contributed by atoms with van der Waals surface area (Å²) >= 11 is 0. The van der Waals surface area contributed by atoms with Gasteiger partial charge in [-0.25, -0.2) is 4.79 Å². The van der Waals surface area contributed by atoms with Crippen molar-refractivity contribution in [1.82, 2.24) is 15.5 Å². The lowest BCUT2D eigenvalue weighted by atomic mass is 9.99. The topological polar surface area (TPSA) is 131 Å². The van der Waals surface area contributed by atoms with Crippen molar-refractivity contribution in [1.29, 1.82) is 0 Å². The van der Waals surface area contributed by atoms with Gasteiger partial charge in [-0.1, -0.05) is 50.1 Å². The first-order valence-electron chi connectivity index (χ1n) is 12.7. The molecule has 202 valence electrons. The van der Waals surface area contributed by atoms with E-state index in [0.717, 1.165) is 18.4 Å². The number of nitrogens with two attached hydrogens (primary N) is 1. The summed E-state index contributed by atoms with van der Waals surface area (Å²) in [6.45, 7) is 13.2. The van der Waals surface area contributed by atoms with Crippen LogP contribution in [0.25, 0.3) is 0 Å². The van der Waals surface area contributed by atoms with E-state index < -0.39 is 35.6 Å². The van der Waals surface area contributed by atoms with Crippen molar-refractivity contribution in [3.05, 3.63) is 35.4 Å². The Kier molecular flexibility index (Phi) is 12.4. The van der Waals surface area contributed by atoms with E-state index in [1.165, 1.54) is 4.90 Å². The fourth-order valence-electron chi connectivity index (χ4n) is 3.94. The molecule has 0 saturated carbocycles. The van der Waals surface area contributed by atoms with Gasteiger partial charge in [-0.2, -0.15) is 0 Å². The first kappa shape index (κ1) is 30.9. The number of nitrogens with zero attached hydrogens (tertiary/aromatic N) is 1. The molecule has 1 rings (SSSR count). The Morgan fingerprint density at radius 3 is 2.25 bits per heavy atom. The summed E-state index contributed by atoms with van der Waals surface area (Å²) < 4.78 is 5.34. The monoisotopic (exact) mass is 504 g/mol. The number of aryl methyl sites for hydroxylation is 1. The minimum atomic E-state index is -1.09. The Hall–Kier alpha value is -3.10. The van der Waals surface area contributed by atoms with Crippen LogP contribution < -0.4 is 16.4 Å². The third-order valence-electron chi connectivity index (χ3n) is 5.44. The van der Waals surface area contributed by atoms with E-state index in [4.69, 9.17) is 10.5 Å². The van der Waals surface area contributed by atoms with Crippen LogP contribution in [0.3, 0.4) is 0 Å². The quantitative estimate of drug-likeness (QED) is 0.377. The molecular weight excluding hydrogens is 460 g/mol. The molecule has 3 atom stereocenters. The van der Waals surface area contributed by atoms with Crippen LogP contribution in [0.5, 0.6) is 0 Å². The fraction of sp³-hybridized carbons (Fsp3) is 0.630. The first-order valence-corrected chi connectivity index (χ1v) is 12.7. The van der Waals surface area contributed by atoms with Gasteiger partial charge in [0.15, 0.2) is 0 Å². The lowest BCUT2D eigenvalue weighted by molar-refractivity contribution is -0.143. The van der Waals surface area contributed by atoms with Crippen LogP contribution in [0.15, 0.2) is 24.3 Å². The number of alkyl carbamates (subject to hydrolysis) is 1. The number of primary amides is 1. The van der Waals surface area contributed by atoms with Crippen LogP contribution in [0.4, 0.5) is 4.79 Å². The average molecular weight is 505 g/mol. The van der Waals surface area contributed by atoms with Crippen LogP contribution in [0.1, 0.15) is 90.8 Å². The maximum Gasteiger partial charge on any atom is 0.408 e. The predicted molar refractivity (Wildman–Crippen MR) is 140 cm³/mol. The van der Waals surface area contributed by atoms with E-state index in [1.807, 2.05) is 52.0 Å². The van der Waals surface area contributed by atoms with E-state index >= 15 is 0 Å². The van der Waals surface area contributed by atoms with Crippen molar-refractivity contribution in [2.24, 2.45) is 5.73 Å². The minimum Gasteiger partial charge on any atom is -0.444 e. The highest BCUT2D eigenvalue weighted by Crippen LogP contribution is 2.25. The maximum atomic E-state index is 13.9. The normalized spacial score (nSPS) is 13.8. The summed E-state index contributed by atoms with van der Waals surface area (Å²) in [4.78, 5) is 53.0. The molecule has 1 aromatic rings. The van der Waals surface area contributed by atoms with E-state index in [2.05, 4.69) is 10.6 Å². The zero-order valence-electron chi connectivity index (χ0n) is 22.8. The van der Waals surface area contributed by atoms with E-state index in [-0.39, 0.29) is 31.3 Å². The lowest BCUT2D eigenvalue weighted by Crippen LogP contribution is -2.54. The number of ether oxygens (including phenoxy) is 1. The second-order valence-corrected chi connectivity index (χ2v) is 10.3. The van der Waals surface area contributed by atoms with E-state index in [0.29, 0.717) is 12.0 Å². The van der Waals surface area contributed by atoms with Gasteiger partial charge < -0.3 is 26.0 Å². The van der Waals surface area contributed by atoms with Crippen LogP contribution in [0.2, 0.25) is 0 Å². The zero-order chi connectivity index (χ0) is 27.5. The van der Waals surface area contributed by atoms with Gasteiger partial charge >= 0.3 is 6.09 Å². The molecule has 0 radical (unpaired) electrons. The van der Waals surface area contributed by atoms with Gasteiger partial charge in [0.2, 0.25) is 17.7 Å². The second-order valence-electron chi connectivity index (χ2n) is 10.3. The largest absolute Gasteiger partial charge is 0.444 e. The number of benzene rings is 1. The highest BCUT2D eigenvalue weighted by Gasteiger charge is 2.36. The highest BCUT2D eigenvalue weighted by molar-refractivity contribution is 5.92. The van der Waals surface area contributed by atoms with Gasteiger partial charge in [0, 0.05) is 19.0 Å². The van der Waals surface area contributed by atoms with Gasteiger partial charge in [-0.3, -0.25) is 14.4 Å². The van der Waals surface area contributed by atoms with Crippen molar-refractivity contribution >= 4 is 23.8 Å². The number of nitrogens with one attached hydrogen (secondary N) is 2. The number of carbonyl (C=O) groups is 4. The third-order valence-corrected chi connectivity index (χ3v) is 5.44.